The van der Waals surface area contributed by atoms with Crippen molar-refractivity contribution in [2.45, 2.75) is 13.0 Å². The Balaban J connectivity index is 1.69. The molecule has 2 aromatic carbocycles. The average Bonchev–Trinajstić information content (AvgIpc) is 2.51. The Morgan fingerprint density at radius 1 is 1.14 bits per heavy atom. The molecule has 0 spiro atoms. The van der Waals surface area contributed by atoms with Gasteiger partial charge in [-0.3, -0.25) is 0 Å². The van der Waals surface area contributed by atoms with Gasteiger partial charge in [0.05, 0.1) is 0 Å². The molecule has 0 amide bonds. The molecule has 21 heavy (non-hydrogen) atoms. The number of nitrogens with one attached hydrogen (secondary N) is 1. The molecular formula is C17H20BrClN2. The minimum atomic E-state index is 0.799. The Kier molecular flexibility index (Phi) is 6.55. The Bertz CT molecular complexity index is 560. The van der Waals surface area contributed by atoms with Crippen LogP contribution >= 0.6 is 27.5 Å². The molecule has 1 N–H and O–H groups in total. The summed E-state index contributed by atoms with van der Waals surface area (Å²) < 4.78 is 1.06. The molecule has 0 aliphatic carbocycles. The minimum Gasteiger partial charge on any atom is -0.375 e. The van der Waals surface area contributed by atoms with Crippen LogP contribution in [0.4, 0.5) is 5.69 Å². The van der Waals surface area contributed by atoms with Gasteiger partial charge in [-0.15, -0.1) is 0 Å². The summed E-state index contributed by atoms with van der Waals surface area (Å²) in [6, 6.07) is 16.4. The van der Waals surface area contributed by atoms with Crippen LogP contribution in [0.3, 0.4) is 0 Å². The lowest BCUT2D eigenvalue weighted by Crippen LogP contribution is -2.23. The topological polar surface area (TPSA) is 15.3 Å². The van der Waals surface area contributed by atoms with Gasteiger partial charge in [0.1, 0.15) is 0 Å². The molecule has 0 bridgehead atoms. The molecule has 0 aliphatic heterocycles. The highest BCUT2D eigenvalue weighted by Crippen LogP contribution is 2.20. The Morgan fingerprint density at radius 3 is 2.67 bits per heavy atom. The number of hydrogen-bond acceptors (Lipinski definition) is 2. The Labute approximate surface area is 140 Å². The van der Waals surface area contributed by atoms with Crippen LogP contribution < -0.4 is 10.2 Å². The van der Waals surface area contributed by atoms with Crippen molar-refractivity contribution in [1.29, 1.82) is 0 Å². The molecule has 0 radical (unpaired) electrons. The lowest BCUT2D eigenvalue weighted by Gasteiger charge is -2.19. The van der Waals surface area contributed by atoms with Crippen LogP contribution in [0.2, 0.25) is 5.02 Å². The summed E-state index contributed by atoms with van der Waals surface area (Å²) in [5, 5.41) is 4.26. The average molecular weight is 368 g/mol. The molecule has 0 fully saturated rings. The number of rotatable bonds is 7. The van der Waals surface area contributed by atoms with Crippen molar-refractivity contribution >= 4 is 33.2 Å². The van der Waals surface area contributed by atoms with Gasteiger partial charge in [-0.05, 0) is 48.9 Å². The van der Waals surface area contributed by atoms with Crippen LogP contribution in [-0.4, -0.2) is 20.1 Å². The summed E-state index contributed by atoms with van der Waals surface area (Å²) in [4.78, 5) is 2.27. The van der Waals surface area contributed by atoms with Crippen molar-refractivity contribution < 1.29 is 0 Å². The number of para-hydroxylation sites is 1. The third-order valence-corrected chi connectivity index (χ3v) is 4.23. The summed E-state index contributed by atoms with van der Waals surface area (Å²) in [5.74, 6) is 0. The predicted octanol–water partition coefficient (Wildman–Crippen LogP) is 4.72. The zero-order chi connectivity index (χ0) is 15.1. The molecule has 0 atom stereocenters. The highest BCUT2D eigenvalue weighted by atomic mass is 79.9. The van der Waals surface area contributed by atoms with Gasteiger partial charge in [-0.2, -0.15) is 0 Å². The lowest BCUT2D eigenvalue weighted by atomic mass is 10.2. The number of anilines is 1. The fourth-order valence-corrected chi connectivity index (χ4v) is 2.75. The maximum atomic E-state index is 6.17. The number of nitrogens with zero attached hydrogens (tertiary/aromatic N) is 1. The van der Waals surface area contributed by atoms with Crippen LogP contribution in [0.25, 0.3) is 0 Å². The second-order valence-corrected chi connectivity index (χ2v) is 6.35. The standard InChI is InChI=1S/C17H20BrClN2/c1-21(16-6-3-2-4-7-16)11-5-10-20-13-14-12-15(18)8-9-17(14)19/h2-4,6-9,12,20H,5,10-11,13H2,1H3. The third kappa shape index (κ3) is 5.34. The number of benzene rings is 2. The molecular weight excluding hydrogens is 348 g/mol. The maximum absolute atomic E-state index is 6.17. The molecule has 0 saturated carbocycles. The fraction of sp³-hybridized carbons (Fsp3) is 0.294. The van der Waals surface area contributed by atoms with Gasteiger partial charge in [0.25, 0.3) is 0 Å². The summed E-state index contributed by atoms with van der Waals surface area (Å²) in [6.45, 7) is 2.80. The first-order chi connectivity index (χ1) is 10.2. The normalized spacial score (nSPS) is 10.6. The first-order valence-corrected chi connectivity index (χ1v) is 8.25. The molecule has 0 heterocycles. The molecule has 4 heteroatoms. The van der Waals surface area contributed by atoms with Gasteiger partial charge in [0, 0.05) is 35.3 Å². The van der Waals surface area contributed by atoms with E-state index in [4.69, 9.17) is 11.6 Å². The largest absolute Gasteiger partial charge is 0.375 e. The van der Waals surface area contributed by atoms with E-state index in [2.05, 4.69) is 63.5 Å². The van der Waals surface area contributed by atoms with E-state index in [1.54, 1.807) is 0 Å². The van der Waals surface area contributed by atoms with Gasteiger partial charge in [0.2, 0.25) is 0 Å². The van der Waals surface area contributed by atoms with E-state index in [0.717, 1.165) is 41.1 Å². The van der Waals surface area contributed by atoms with E-state index in [1.165, 1.54) is 5.69 Å². The van der Waals surface area contributed by atoms with E-state index in [9.17, 15) is 0 Å². The summed E-state index contributed by atoms with van der Waals surface area (Å²) in [5.41, 5.74) is 2.38. The van der Waals surface area contributed by atoms with Crippen LogP contribution in [0, 0.1) is 0 Å². The highest BCUT2D eigenvalue weighted by Gasteiger charge is 2.02. The molecule has 0 unspecified atom stereocenters. The predicted molar refractivity (Wildman–Crippen MR) is 95.2 cm³/mol. The van der Waals surface area contributed by atoms with Gasteiger partial charge in [0.15, 0.2) is 0 Å². The molecule has 2 rings (SSSR count). The molecule has 0 saturated heterocycles. The van der Waals surface area contributed by atoms with Crippen molar-refractivity contribution in [3.05, 3.63) is 63.6 Å². The van der Waals surface area contributed by atoms with E-state index < -0.39 is 0 Å². The van der Waals surface area contributed by atoms with Crippen molar-refractivity contribution in [3.8, 4) is 0 Å². The molecule has 2 nitrogen and oxygen atoms in total. The minimum absolute atomic E-state index is 0.799. The van der Waals surface area contributed by atoms with Crippen LogP contribution in [0.15, 0.2) is 53.0 Å². The van der Waals surface area contributed by atoms with E-state index in [0.29, 0.717) is 0 Å². The summed E-state index contributed by atoms with van der Waals surface area (Å²) in [6.07, 6.45) is 1.09. The van der Waals surface area contributed by atoms with E-state index in [1.807, 2.05) is 18.2 Å². The van der Waals surface area contributed by atoms with Crippen molar-refractivity contribution in [3.63, 3.8) is 0 Å². The molecule has 0 aliphatic rings. The smallest absolute Gasteiger partial charge is 0.0451 e. The molecule has 0 aromatic heterocycles. The fourth-order valence-electron chi connectivity index (χ4n) is 2.15. The van der Waals surface area contributed by atoms with Crippen LogP contribution in [-0.2, 0) is 6.54 Å². The zero-order valence-electron chi connectivity index (χ0n) is 12.2. The second-order valence-electron chi connectivity index (χ2n) is 5.02. The first-order valence-electron chi connectivity index (χ1n) is 7.07. The van der Waals surface area contributed by atoms with Crippen molar-refractivity contribution in [1.82, 2.24) is 5.32 Å². The molecule has 112 valence electrons. The Hall–Kier alpha value is -1.03. The monoisotopic (exact) mass is 366 g/mol. The van der Waals surface area contributed by atoms with Gasteiger partial charge < -0.3 is 10.2 Å². The summed E-state index contributed by atoms with van der Waals surface area (Å²) in [7, 11) is 2.13. The van der Waals surface area contributed by atoms with E-state index >= 15 is 0 Å². The van der Waals surface area contributed by atoms with Crippen molar-refractivity contribution in [2.24, 2.45) is 0 Å². The summed E-state index contributed by atoms with van der Waals surface area (Å²) >= 11 is 9.64. The second kappa shape index (κ2) is 8.42. The number of hydrogen-bond donors (Lipinski definition) is 1. The van der Waals surface area contributed by atoms with Gasteiger partial charge >= 0.3 is 0 Å². The quantitative estimate of drug-likeness (QED) is 0.712. The molecule has 2 aromatic rings. The zero-order valence-corrected chi connectivity index (χ0v) is 14.5. The lowest BCUT2D eigenvalue weighted by molar-refractivity contribution is 0.646. The van der Waals surface area contributed by atoms with Crippen LogP contribution in [0.5, 0.6) is 0 Å². The number of halogens is 2. The third-order valence-electron chi connectivity index (χ3n) is 3.37. The SMILES string of the molecule is CN(CCCNCc1cc(Br)ccc1Cl)c1ccccc1. The highest BCUT2D eigenvalue weighted by molar-refractivity contribution is 9.10. The maximum Gasteiger partial charge on any atom is 0.0451 e. The van der Waals surface area contributed by atoms with Gasteiger partial charge in [-0.1, -0.05) is 45.7 Å². The first kappa shape index (κ1) is 16.3. The van der Waals surface area contributed by atoms with Crippen LogP contribution in [0.1, 0.15) is 12.0 Å². The van der Waals surface area contributed by atoms with E-state index in [-0.39, 0.29) is 0 Å². The van der Waals surface area contributed by atoms with Crippen molar-refractivity contribution in [2.75, 3.05) is 25.0 Å². The van der Waals surface area contributed by atoms with Gasteiger partial charge in [-0.25, -0.2) is 0 Å². The Morgan fingerprint density at radius 2 is 1.90 bits per heavy atom.